The highest BCUT2D eigenvalue weighted by Gasteiger charge is 2.11. The first-order valence-corrected chi connectivity index (χ1v) is 17.7. The Morgan fingerprint density at radius 1 is 0.204 bits per heavy atom. The molecule has 0 saturated heterocycles. The van der Waals surface area contributed by atoms with Crippen LogP contribution in [0.4, 0.5) is 0 Å². The fourth-order valence-electron chi connectivity index (χ4n) is 6.56. The molecule has 0 bridgehead atoms. The third kappa shape index (κ3) is 6.79. The number of nitrogens with zero attached hydrogens (tertiary/aromatic N) is 6. The van der Waals surface area contributed by atoms with Crippen molar-refractivity contribution in [3.63, 3.8) is 0 Å². The molecule has 54 heavy (non-hydrogen) atoms. The van der Waals surface area contributed by atoms with E-state index < -0.39 is 0 Å². The van der Waals surface area contributed by atoms with Crippen LogP contribution in [-0.2, 0) is 0 Å². The van der Waals surface area contributed by atoms with Gasteiger partial charge in [-0.1, -0.05) is 97.1 Å². The van der Waals surface area contributed by atoms with Gasteiger partial charge in [-0.05, 0) is 94.0 Å². The summed E-state index contributed by atoms with van der Waals surface area (Å²) in [7, 11) is 0. The van der Waals surface area contributed by atoms with Gasteiger partial charge in [-0.3, -0.25) is 29.9 Å². The Balaban J connectivity index is 0.888. The van der Waals surface area contributed by atoms with Gasteiger partial charge in [-0.15, -0.1) is 0 Å². The van der Waals surface area contributed by atoms with Gasteiger partial charge in [0.2, 0.25) is 0 Å². The molecule has 0 spiro atoms. The van der Waals surface area contributed by atoms with Crippen molar-refractivity contribution in [2.24, 2.45) is 0 Å². The Morgan fingerprint density at radius 2 is 0.519 bits per heavy atom. The molecule has 6 heterocycles. The summed E-state index contributed by atoms with van der Waals surface area (Å²) < 4.78 is 0. The van der Waals surface area contributed by atoms with Crippen molar-refractivity contribution in [2.75, 3.05) is 0 Å². The third-order valence-electron chi connectivity index (χ3n) is 9.49. The molecule has 3 aromatic carbocycles. The highest BCUT2D eigenvalue weighted by Crippen LogP contribution is 2.35. The minimum atomic E-state index is 0.827. The molecule has 0 aliphatic heterocycles. The van der Waals surface area contributed by atoms with Crippen LogP contribution in [0.5, 0.6) is 0 Å². The van der Waals surface area contributed by atoms with Crippen LogP contribution in [-0.4, -0.2) is 29.9 Å². The van der Waals surface area contributed by atoms with E-state index in [1.54, 1.807) is 12.4 Å². The molecule has 254 valence electrons. The van der Waals surface area contributed by atoms with Crippen molar-refractivity contribution in [2.45, 2.75) is 0 Å². The van der Waals surface area contributed by atoms with Crippen LogP contribution >= 0.6 is 0 Å². The standard InChI is InChI=1S/C48H32N6/c1-2-8-42(36-17-13-34(14-18-36)38-20-24-46(52-30-38)48-26-22-40(32-54-48)44-10-4-6-28-50-44)41(7-1)35-15-11-33(12-16-35)37-19-23-45(51-29-37)47-25-21-39(31-53-47)43-9-3-5-27-49-43/h1-32H. The fourth-order valence-corrected chi connectivity index (χ4v) is 6.56. The van der Waals surface area contributed by atoms with E-state index in [1.807, 2.05) is 97.6 Å². The van der Waals surface area contributed by atoms with Crippen LogP contribution in [0, 0.1) is 0 Å². The molecule has 9 rings (SSSR count). The summed E-state index contributed by atoms with van der Waals surface area (Å²) in [6.45, 7) is 0. The summed E-state index contributed by atoms with van der Waals surface area (Å²) in [5.41, 5.74) is 16.1. The predicted molar refractivity (Wildman–Crippen MR) is 217 cm³/mol. The highest BCUT2D eigenvalue weighted by atomic mass is 14.8. The molecule has 0 fully saturated rings. The molecule has 9 aromatic rings. The lowest BCUT2D eigenvalue weighted by Gasteiger charge is -2.12. The van der Waals surface area contributed by atoms with Gasteiger partial charge in [-0.2, -0.15) is 0 Å². The number of hydrogen-bond acceptors (Lipinski definition) is 6. The molecule has 0 aliphatic carbocycles. The van der Waals surface area contributed by atoms with Gasteiger partial charge in [0.1, 0.15) is 0 Å². The maximum atomic E-state index is 4.73. The van der Waals surface area contributed by atoms with Gasteiger partial charge in [0.25, 0.3) is 0 Å². The Labute approximate surface area is 313 Å². The molecule has 6 nitrogen and oxygen atoms in total. The summed E-state index contributed by atoms with van der Waals surface area (Å²) in [6, 6.07) is 53.9. The van der Waals surface area contributed by atoms with Crippen molar-refractivity contribution in [3.05, 3.63) is 195 Å². The van der Waals surface area contributed by atoms with E-state index in [9.17, 15) is 0 Å². The molecular weight excluding hydrogens is 661 g/mol. The normalized spacial score (nSPS) is 11.0. The van der Waals surface area contributed by atoms with Crippen molar-refractivity contribution in [3.8, 4) is 89.8 Å². The predicted octanol–water partition coefficient (Wildman–Crippen LogP) is 11.4. The zero-order chi connectivity index (χ0) is 36.1. The summed E-state index contributed by atoms with van der Waals surface area (Å²) >= 11 is 0. The molecule has 0 amide bonds. The maximum absolute atomic E-state index is 4.73. The second-order valence-electron chi connectivity index (χ2n) is 12.9. The van der Waals surface area contributed by atoms with Crippen molar-refractivity contribution in [1.29, 1.82) is 0 Å². The van der Waals surface area contributed by atoms with E-state index in [0.29, 0.717) is 0 Å². The molecule has 6 aromatic heterocycles. The summed E-state index contributed by atoms with van der Waals surface area (Å²) in [5.74, 6) is 0. The quantitative estimate of drug-likeness (QED) is 0.158. The maximum Gasteiger partial charge on any atom is 0.0886 e. The number of pyridine rings is 6. The van der Waals surface area contributed by atoms with Crippen molar-refractivity contribution >= 4 is 0 Å². The summed E-state index contributed by atoms with van der Waals surface area (Å²) in [5, 5.41) is 0. The van der Waals surface area contributed by atoms with Gasteiger partial charge in [0.05, 0.1) is 34.2 Å². The van der Waals surface area contributed by atoms with Crippen LogP contribution < -0.4 is 0 Å². The van der Waals surface area contributed by atoms with E-state index >= 15 is 0 Å². The summed E-state index contributed by atoms with van der Waals surface area (Å²) in [4.78, 5) is 27.6. The Morgan fingerprint density at radius 3 is 0.833 bits per heavy atom. The smallest absolute Gasteiger partial charge is 0.0886 e. The van der Waals surface area contributed by atoms with Gasteiger partial charge < -0.3 is 0 Å². The first-order chi connectivity index (χ1) is 26.7. The molecule has 0 atom stereocenters. The largest absolute Gasteiger partial charge is 0.256 e. The van der Waals surface area contributed by atoms with Gasteiger partial charge >= 0.3 is 0 Å². The molecule has 0 radical (unpaired) electrons. The molecule has 0 unspecified atom stereocenters. The zero-order valence-electron chi connectivity index (χ0n) is 29.2. The summed E-state index contributed by atoms with van der Waals surface area (Å²) in [6.07, 6.45) is 11.1. The lowest BCUT2D eigenvalue weighted by Crippen LogP contribution is -1.90. The van der Waals surface area contributed by atoms with Crippen LogP contribution in [0.15, 0.2) is 195 Å². The van der Waals surface area contributed by atoms with Crippen molar-refractivity contribution < 1.29 is 0 Å². The Bertz CT molecular complexity index is 2440. The number of benzene rings is 3. The minimum absolute atomic E-state index is 0.827. The topological polar surface area (TPSA) is 77.3 Å². The van der Waals surface area contributed by atoms with Crippen LogP contribution in [0.2, 0.25) is 0 Å². The monoisotopic (exact) mass is 692 g/mol. The lowest BCUT2D eigenvalue weighted by molar-refractivity contribution is 1.24. The average molecular weight is 693 g/mol. The zero-order valence-corrected chi connectivity index (χ0v) is 29.2. The molecule has 0 saturated carbocycles. The van der Waals surface area contributed by atoms with E-state index in [1.165, 1.54) is 11.1 Å². The second-order valence-corrected chi connectivity index (χ2v) is 12.9. The molecule has 6 heteroatoms. The van der Waals surface area contributed by atoms with Gasteiger partial charge in [0.15, 0.2) is 0 Å². The first-order valence-electron chi connectivity index (χ1n) is 17.7. The van der Waals surface area contributed by atoms with E-state index in [-0.39, 0.29) is 0 Å². The number of aromatic nitrogens is 6. The molecular formula is C48H32N6. The van der Waals surface area contributed by atoms with E-state index in [4.69, 9.17) is 9.97 Å². The van der Waals surface area contributed by atoms with Crippen LogP contribution in [0.1, 0.15) is 0 Å². The average Bonchev–Trinajstić information content (AvgIpc) is 3.27. The van der Waals surface area contributed by atoms with Gasteiger partial charge in [-0.25, -0.2) is 0 Å². The van der Waals surface area contributed by atoms with E-state index in [2.05, 4.69) is 105 Å². The third-order valence-corrected chi connectivity index (χ3v) is 9.49. The van der Waals surface area contributed by atoms with Crippen LogP contribution in [0.25, 0.3) is 89.8 Å². The number of hydrogen-bond donors (Lipinski definition) is 0. The highest BCUT2D eigenvalue weighted by molar-refractivity contribution is 5.85. The van der Waals surface area contributed by atoms with E-state index in [0.717, 1.165) is 78.7 Å². The SMILES string of the molecule is c1ccc(-c2ccc(-c3ccc(-c4ccc(-c5ccccc5-c5ccc(-c6ccc(-c7ccc(-c8ccccn8)cn7)nc6)cc5)cc4)cn3)nc2)nc1. The molecule has 0 N–H and O–H groups in total. The molecule has 0 aliphatic rings. The second kappa shape index (κ2) is 14.7. The minimum Gasteiger partial charge on any atom is -0.256 e. The fraction of sp³-hybridized carbons (Fsp3) is 0. The number of rotatable bonds is 8. The van der Waals surface area contributed by atoms with Crippen LogP contribution in [0.3, 0.4) is 0 Å². The van der Waals surface area contributed by atoms with Crippen molar-refractivity contribution in [1.82, 2.24) is 29.9 Å². The Hall–Kier alpha value is -7.44. The Kier molecular flexibility index (Phi) is 8.81. The first kappa shape index (κ1) is 32.5. The van der Waals surface area contributed by atoms with Gasteiger partial charge in [0, 0.05) is 59.4 Å². The lowest BCUT2D eigenvalue weighted by atomic mass is 9.92.